The maximum atomic E-state index is 9.57. The van der Waals surface area contributed by atoms with Crippen LogP contribution in [-0.4, -0.2) is 46.3 Å². The third-order valence-corrected chi connectivity index (χ3v) is 5.31. The lowest BCUT2D eigenvalue weighted by atomic mass is 10.1. The maximum Gasteiger partial charge on any atom is 0.228 e. The molecule has 0 N–H and O–H groups in total. The number of thioether (sulfide) groups is 1. The standard InChI is InChI=1S/C18H23N5OS/c1-3-23-17(22-8-10-24-11-9-22)20-21-18(23)25-16(13-19)12-15-6-4-14(2)5-7-15/h4-7,16H,3,8-12H2,1-2H3/t16-/m0/s1. The molecule has 2 heterocycles. The van der Waals surface area contributed by atoms with Crippen molar-refractivity contribution in [2.45, 2.75) is 37.2 Å². The summed E-state index contributed by atoms with van der Waals surface area (Å²) in [5, 5.41) is 18.9. The molecule has 132 valence electrons. The summed E-state index contributed by atoms with van der Waals surface area (Å²) in [5.41, 5.74) is 2.39. The van der Waals surface area contributed by atoms with Crippen LogP contribution in [0.25, 0.3) is 0 Å². The van der Waals surface area contributed by atoms with Crippen LogP contribution in [0.5, 0.6) is 0 Å². The number of nitrogens with zero attached hydrogens (tertiary/aromatic N) is 5. The van der Waals surface area contributed by atoms with Crippen LogP contribution in [-0.2, 0) is 17.7 Å². The first-order valence-electron chi connectivity index (χ1n) is 8.59. The minimum atomic E-state index is -0.185. The smallest absolute Gasteiger partial charge is 0.228 e. The normalized spacial score (nSPS) is 15.8. The molecule has 1 atom stereocenters. The minimum absolute atomic E-state index is 0.185. The summed E-state index contributed by atoms with van der Waals surface area (Å²) in [5.74, 6) is 0.875. The number of benzene rings is 1. The van der Waals surface area contributed by atoms with Crippen LogP contribution < -0.4 is 4.90 Å². The molecule has 0 aliphatic carbocycles. The van der Waals surface area contributed by atoms with Crippen LogP contribution in [0.4, 0.5) is 5.95 Å². The van der Waals surface area contributed by atoms with E-state index in [1.807, 2.05) is 0 Å². The van der Waals surface area contributed by atoms with Crippen molar-refractivity contribution in [3.8, 4) is 6.07 Å². The first-order valence-corrected chi connectivity index (χ1v) is 9.47. The SMILES string of the molecule is CCn1c(S[C@H](C#N)Cc2ccc(C)cc2)nnc1N1CCOCC1. The van der Waals surface area contributed by atoms with Crippen LogP contribution in [0.2, 0.25) is 0 Å². The monoisotopic (exact) mass is 357 g/mol. The summed E-state index contributed by atoms with van der Waals surface area (Å²) in [7, 11) is 0. The Hall–Kier alpha value is -2.04. The number of hydrogen-bond donors (Lipinski definition) is 0. The lowest BCUT2D eigenvalue weighted by Gasteiger charge is -2.27. The number of rotatable bonds is 6. The van der Waals surface area contributed by atoms with Gasteiger partial charge in [0.2, 0.25) is 5.95 Å². The molecule has 0 amide bonds. The summed E-state index contributed by atoms with van der Waals surface area (Å²) < 4.78 is 7.50. The molecule has 2 aromatic rings. The molecular formula is C18H23N5OS. The second-order valence-electron chi connectivity index (χ2n) is 6.05. The summed E-state index contributed by atoms with van der Waals surface area (Å²) in [6, 6.07) is 10.7. The van der Waals surface area contributed by atoms with E-state index in [-0.39, 0.29) is 5.25 Å². The zero-order chi connectivity index (χ0) is 17.6. The number of morpholine rings is 1. The minimum Gasteiger partial charge on any atom is -0.378 e. The third-order valence-electron chi connectivity index (χ3n) is 4.24. The van der Waals surface area contributed by atoms with E-state index in [1.165, 1.54) is 22.9 Å². The van der Waals surface area contributed by atoms with Gasteiger partial charge >= 0.3 is 0 Å². The van der Waals surface area contributed by atoms with E-state index in [1.54, 1.807) is 0 Å². The van der Waals surface area contributed by atoms with Crippen LogP contribution in [0.3, 0.4) is 0 Å². The van der Waals surface area contributed by atoms with Gasteiger partial charge in [-0.15, -0.1) is 10.2 Å². The first-order chi connectivity index (χ1) is 12.2. The molecule has 0 unspecified atom stereocenters. The van der Waals surface area contributed by atoms with Crippen molar-refractivity contribution in [1.29, 1.82) is 5.26 Å². The predicted molar refractivity (Wildman–Crippen MR) is 98.9 cm³/mol. The predicted octanol–water partition coefficient (Wildman–Crippen LogP) is 2.67. The van der Waals surface area contributed by atoms with Gasteiger partial charge in [0.05, 0.1) is 19.3 Å². The van der Waals surface area contributed by atoms with Crippen LogP contribution in [0.15, 0.2) is 29.4 Å². The molecule has 1 aliphatic rings. The highest BCUT2D eigenvalue weighted by Crippen LogP contribution is 2.27. The number of aromatic nitrogens is 3. The average Bonchev–Trinajstić information content (AvgIpc) is 3.06. The molecular weight excluding hydrogens is 334 g/mol. The summed E-state index contributed by atoms with van der Waals surface area (Å²) in [6.07, 6.45) is 0.699. The molecule has 1 aromatic heterocycles. The maximum absolute atomic E-state index is 9.57. The molecule has 6 nitrogen and oxygen atoms in total. The van der Waals surface area contributed by atoms with Gasteiger partial charge in [-0.05, 0) is 25.8 Å². The number of anilines is 1. The molecule has 0 spiro atoms. The quantitative estimate of drug-likeness (QED) is 0.741. The Bertz CT molecular complexity index is 731. The molecule has 0 saturated carbocycles. The molecule has 25 heavy (non-hydrogen) atoms. The van der Waals surface area contributed by atoms with E-state index in [4.69, 9.17) is 4.74 Å². The fraction of sp³-hybridized carbons (Fsp3) is 0.500. The molecule has 0 bridgehead atoms. The van der Waals surface area contributed by atoms with Crippen LogP contribution in [0, 0.1) is 18.3 Å². The van der Waals surface area contributed by atoms with E-state index in [0.29, 0.717) is 19.6 Å². The van der Waals surface area contributed by atoms with Gasteiger partial charge < -0.3 is 9.64 Å². The van der Waals surface area contributed by atoms with Gasteiger partial charge in [-0.2, -0.15) is 5.26 Å². The van der Waals surface area contributed by atoms with Crippen molar-refractivity contribution in [3.63, 3.8) is 0 Å². The molecule has 1 saturated heterocycles. The highest BCUT2D eigenvalue weighted by molar-refractivity contribution is 8.00. The second-order valence-corrected chi connectivity index (χ2v) is 7.22. The highest BCUT2D eigenvalue weighted by atomic mass is 32.2. The van der Waals surface area contributed by atoms with Gasteiger partial charge in [-0.3, -0.25) is 4.57 Å². The van der Waals surface area contributed by atoms with Crippen molar-refractivity contribution in [3.05, 3.63) is 35.4 Å². The Kier molecular flexibility index (Phi) is 5.95. The van der Waals surface area contributed by atoms with Gasteiger partial charge in [-0.1, -0.05) is 41.6 Å². The first kappa shape index (κ1) is 17.8. The molecule has 0 radical (unpaired) electrons. The van der Waals surface area contributed by atoms with Gasteiger partial charge in [0, 0.05) is 19.6 Å². The number of aryl methyl sites for hydroxylation is 1. The molecule has 1 aliphatic heterocycles. The van der Waals surface area contributed by atoms with E-state index in [0.717, 1.165) is 30.7 Å². The highest BCUT2D eigenvalue weighted by Gasteiger charge is 2.22. The Morgan fingerprint density at radius 2 is 1.96 bits per heavy atom. The number of nitriles is 1. The third kappa shape index (κ3) is 4.33. The van der Waals surface area contributed by atoms with Gasteiger partial charge in [0.15, 0.2) is 5.16 Å². The van der Waals surface area contributed by atoms with Crippen molar-refractivity contribution in [2.24, 2.45) is 0 Å². The summed E-state index contributed by atoms with van der Waals surface area (Å²) in [4.78, 5) is 2.20. The Morgan fingerprint density at radius 3 is 2.60 bits per heavy atom. The molecule has 1 fully saturated rings. The summed E-state index contributed by atoms with van der Waals surface area (Å²) >= 11 is 1.49. The fourth-order valence-corrected chi connectivity index (χ4v) is 3.83. The second kappa shape index (κ2) is 8.37. The van der Waals surface area contributed by atoms with Gasteiger partial charge in [-0.25, -0.2) is 0 Å². The molecule has 3 rings (SSSR count). The van der Waals surface area contributed by atoms with Gasteiger partial charge in [0.1, 0.15) is 5.25 Å². The average molecular weight is 357 g/mol. The Morgan fingerprint density at radius 1 is 1.24 bits per heavy atom. The van der Waals surface area contributed by atoms with Gasteiger partial charge in [0.25, 0.3) is 0 Å². The van der Waals surface area contributed by atoms with E-state index in [2.05, 4.69) is 63.8 Å². The zero-order valence-corrected chi connectivity index (χ0v) is 15.5. The van der Waals surface area contributed by atoms with Crippen molar-refractivity contribution in [1.82, 2.24) is 14.8 Å². The molecule has 7 heteroatoms. The van der Waals surface area contributed by atoms with E-state index in [9.17, 15) is 5.26 Å². The van der Waals surface area contributed by atoms with Crippen molar-refractivity contribution >= 4 is 17.7 Å². The van der Waals surface area contributed by atoms with E-state index >= 15 is 0 Å². The molecule has 1 aromatic carbocycles. The Balaban J connectivity index is 1.73. The van der Waals surface area contributed by atoms with Crippen LogP contribution in [0.1, 0.15) is 18.1 Å². The van der Waals surface area contributed by atoms with Crippen LogP contribution >= 0.6 is 11.8 Å². The lowest BCUT2D eigenvalue weighted by molar-refractivity contribution is 0.121. The van der Waals surface area contributed by atoms with E-state index < -0.39 is 0 Å². The lowest BCUT2D eigenvalue weighted by Crippen LogP contribution is -2.38. The largest absolute Gasteiger partial charge is 0.378 e. The Labute approximate surface area is 152 Å². The number of ether oxygens (including phenoxy) is 1. The number of hydrogen-bond acceptors (Lipinski definition) is 6. The summed E-state index contributed by atoms with van der Waals surface area (Å²) in [6.45, 7) is 8.02. The zero-order valence-electron chi connectivity index (χ0n) is 14.7. The topological polar surface area (TPSA) is 67.0 Å². The van der Waals surface area contributed by atoms with Crippen molar-refractivity contribution < 1.29 is 4.74 Å². The van der Waals surface area contributed by atoms with Crippen molar-refractivity contribution in [2.75, 3.05) is 31.2 Å². The fourth-order valence-electron chi connectivity index (χ4n) is 2.82.